The largest absolute Gasteiger partial charge is 0.394 e. The number of rotatable bonds is 4. The minimum atomic E-state index is -0.550. The Hall–Kier alpha value is -0.610. The average molecular weight is 174 g/mol. The van der Waals surface area contributed by atoms with Gasteiger partial charge in [-0.2, -0.15) is 0 Å². The molecule has 12 heavy (non-hydrogen) atoms. The maximum absolute atomic E-state index is 11.1. The minimum absolute atomic E-state index is 0.0717. The number of aliphatic hydroxyl groups is 1. The molecule has 0 aromatic rings. The minimum Gasteiger partial charge on any atom is -0.394 e. The lowest BCUT2D eigenvalue weighted by atomic mass is 10.1. The first kappa shape index (κ1) is 11.4. The molecular formula is C8H18N2O2. The molecule has 0 fully saturated rings. The lowest BCUT2D eigenvalue weighted by Gasteiger charge is -2.23. The summed E-state index contributed by atoms with van der Waals surface area (Å²) in [5.41, 5.74) is 4.88. The number of amides is 1. The molecule has 0 aromatic carbocycles. The Morgan fingerprint density at radius 1 is 1.67 bits per heavy atom. The second kappa shape index (κ2) is 4.42. The van der Waals surface area contributed by atoms with Crippen molar-refractivity contribution in [2.24, 2.45) is 5.73 Å². The number of nitrogens with one attached hydrogen (secondary N) is 1. The number of aliphatic hydroxyl groups excluding tert-OH is 1. The second-order valence-electron chi connectivity index (χ2n) is 3.77. The van der Waals surface area contributed by atoms with Gasteiger partial charge in [0.1, 0.15) is 0 Å². The fourth-order valence-corrected chi connectivity index (χ4v) is 0.760. The van der Waals surface area contributed by atoms with Crippen LogP contribution in [-0.4, -0.2) is 29.2 Å². The summed E-state index contributed by atoms with van der Waals surface area (Å²) in [4.78, 5) is 11.1. The van der Waals surface area contributed by atoms with E-state index in [4.69, 9.17) is 10.8 Å². The summed E-state index contributed by atoms with van der Waals surface area (Å²) < 4.78 is 0. The molecule has 0 rings (SSSR count). The van der Waals surface area contributed by atoms with E-state index in [1.165, 1.54) is 0 Å². The quantitative estimate of drug-likeness (QED) is 0.543. The molecule has 4 nitrogen and oxygen atoms in total. The first-order chi connectivity index (χ1) is 5.37. The molecule has 72 valence electrons. The van der Waals surface area contributed by atoms with Crippen molar-refractivity contribution in [3.8, 4) is 0 Å². The Morgan fingerprint density at radius 3 is 2.50 bits per heavy atom. The van der Waals surface area contributed by atoms with Crippen LogP contribution in [0, 0.1) is 0 Å². The highest BCUT2D eigenvalue weighted by Crippen LogP contribution is 2.00. The Morgan fingerprint density at radius 2 is 2.17 bits per heavy atom. The highest BCUT2D eigenvalue weighted by atomic mass is 16.3. The lowest BCUT2D eigenvalue weighted by molar-refractivity contribution is -0.123. The van der Waals surface area contributed by atoms with Gasteiger partial charge in [0.15, 0.2) is 0 Å². The monoisotopic (exact) mass is 174 g/mol. The molecule has 1 unspecified atom stereocenters. The third-order valence-electron chi connectivity index (χ3n) is 1.38. The molecule has 0 aromatic heterocycles. The molecule has 0 saturated carbocycles. The second-order valence-corrected chi connectivity index (χ2v) is 3.77. The van der Waals surface area contributed by atoms with Crippen molar-refractivity contribution in [1.82, 2.24) is 5.32 Å². The number of hydrogen-bond acceptors (Lipinski definition) is 3. The third kappa shape index (κ3) is 5.09. The maximum Gasteiger partial charge on any atom is 0.222 e. The zero-order chi connectivity index (χ0) is 9.78. The van der Waals surface area contributed by atoms with Crippen molar-refractivity contribution in [3.05, 3.63) is 0 Å². The van der Waals surface area contributed by atoms with Crippen LogP contribution in [0.4, 0.5) is 0 Å². The van der Waals surface area contributed by atoms with E-state index in [1.54, 1.807) is 20.8 Å². The molecule has 1 atom stereocenters. The van der Waals surface area contributed by atoms with Crippen LogP contribution in [0.5, 0.6) is 0 Å². The summed E-state index contributed by atoms with van der Waals surface area (Å²) in [6.07, 6.45) is 0.295. The fourth-order valence-electron chi connectivity index (χ4n) is 0.760. The van der Waals surface area contributed by atoms with Crippen LogP contribution >= 0.6 is 0 Å². The van der Waals surface area contributed by atoms with Crippen molar-refractivity contribution in [1.29, 1.82) is 0 Å². The van der Waals surface area contributed by atoms with Gasteiger partial charge in [0.2, 0.25) is 5.91 Å². The van der Waals surface area contributed by atoms with Gasteiger partial charge in [-0.1, -0.05) is 0 Å². The zero-order valence-electron chi connectivity index (χ0n) is 7.92. The van der Waals surface area contributed by atoms with Gasteiger partial charge in [0.05, 0.1) is 12.1 Å². The summed E-state index contributed by atoms with van der Waals surface area (Å²) in [6, 6.07) is -0.139. The highest BCUT2D eigenvalue weighted by Gasteiger charge is 2.19. The Kier molecular flexibility index (Phi) is 4.20. The van der Waals surface area contributed by atoms with Gasteiger partial charge in [-0.25, -0.2) is 0 Å². The molecule has 0 aliphatic carbocycles. The molecule has 0 heterocycles. The van der Waals surface area contributed by atoms with Gasteiger partial charge in [-0.05, 0) is 20.8 Å². The van der Waals surface area contributed by atoms with E-state index in [-0.39, 0.29) is 18.6 Å². The van der Waals surface area contributed by atoms with E-state index in [1.807, 2.05) is 0 Å². The molecule has 0 saturated heterocycles. The Balaban J connectivity index is 3.84. The first-order valence-electron chi connectivity index (χ1n) is 4.05. The van der Waals surface area contributed by atoms with Crippen LogP contribution in [-0.2, 0) is 4.79 Å². The molecule has 0 aliphatic rings. The van der Waals surface area contributed by atoms with E-state index in [0.29, 0.717) is 6.42 Å². The van der Waals surface area contributed by atoms with Crippen molar-refractivity contribution in [2.45, 2.75) is 38.8 Å². The van der Waals surface area contributed by atoms with Crippen LogP contribution in [0.3, 0.4) is 0 Å². The van der Waals surface area contributed by atoms with Crippen molar-refractivity contribution >= 4 is 5.91 Å². The standard InChI is InChI=1S/C8H18N2O2/c1-6(9)4-7(12)10-8(2,3)5-11/h6,11H,4-5,9H2,1-3H3,(H,10,12). The normalized spacial score (nSPS) is 14.1. The predicted octanol–water partition coefficient (Wildman–Crippen LogP) is -0.389. The first-order valence-corrected chi connectivity index (χ1v) is 4.05. The predicted molar refractivity (Wildman–Crippen MR) is 47.6 cm³/mol. The van der Waals surface area contributed by atoms with Crippen LogP contribution in [0.2, 0.25) is 0 Å². The van der Waals surface area contributed by atoms with Gasteiger partial charge in [-0.15, -0.1) is 0 Å². The van der Waals surface area contributed by atoms with Gasteiger partial charge in [0.25, 0.3) is 0 Å². The fraction of sp³-hybridized carbons (Fsp3) is 0.875. The van der Waals surface area contributed by atoms with Crippen LogP contribution in [0.1, 0.15) is 27.2 Å². The van der Waals surface area contributed by atoms with Gasteiger partial charge < -0.3 is 16.2 Å². The number of carbonyl (C=O) groups excluding carboxylic acids is 1. The van der Waals surface area contributed by atoms with E-state index < -0.39 is 5.54 Å². The zero-order valence-corrected chi connectivity index (χ0v) is 7.92. The topological polar surface area (TPSA) is 75.4 Å². The molecule has 4 heteroatoms. The maximum atomic E-state index is 11.1. The van der Waals surface area contributed by atoms with Crippen molar-refractivity contribution in [2.75, 3.05) is 6.61 Å². The average Bonchev–Trinajstić information content (AvgIpc) is 1.84. The van der Waals surface area contributed by atoms with Crippen molar-refractivity contribution in [3.63, 3.8) is 0 Å². The lowest BCUT2D eigenvalue weighted by Crippen LogP contribution is -2.47. The van der Waals surface area contributed by atoms with Gasteiger partial charge >= 0.3 is 0 Å². The van der Waals surface area contributed by atoms with E-state index >= 15 is 0 Å². The molecular weight excluding hydrogens is 156 g/mol. The van der Waals surface area contributed by atoms with E-state index in [9.17, 15) is 4.79 Å². The number of carbonyl (C=O) groups is 1. The van der Waals surface area contributed by atoms with Crippen LogP contribution in [0.15, 0.2) is 0 Å². The van der Waals surface area contributed by atoms with Gasteiger partial charge in [0, 0.05) is 12.5 Å². The summed E-state index contributed by atoms with van der Waals surface area (Å²) in [5.74, 6) is -0.121. The molecule has 1 amide bonds. The number of nitrogens with two attached hydrogens (primary N) is 1. The van der Waals surface area contributed by atoms with Crippen LogP contribution < -0.4 is 11.1 Å². The molecule has 0 aliphatic heterocycles. The molecule has 0 radical (unpaired) electrons. The molecule has 4 N–H and O–H groups in total. The summed E-state index contributed by atoms with van der Waals surface area (Å²) in [7, 11) is 0. The molecule has 0 spiro atoms. The summed E-state index contributed by atoms with van der Waals surface area (Å²) >= 11 is 0. The van der Waals surface area contributed by atoms with E-state index in [2.05, 4.69) is 5.32 Å². The van der Waals surface area contributed by atoms with E-state index in [0.717, 1.165) is 0 Å². The van der Waals surface area contributed by atoms with Gasteiger partial charge in [-0.3, -0.25) is 4.79 Å². The van der Waals surface area contributed by atoms with Crippen molar-refractivity contribution < 1.29 is 9.90 Å². The Bertz CT molecular complexity index is 155. The summed E-state index contributed by atoms with van der Waals surface area (Å²) in [6.45, 7) is 5.21. The van der Waals surface area contributed by atoms with Crippen LogP contribution in [0.25, 0.3) is 0 Å². The highest BCUT2D eigenvalue weighted by molar-refractivity contribution is 5.77. The SMILES string of the molecule is CC(N)CC(=O)NC(C)(C)CO. The number of hydrogen-bond donors (Lipinski definition) is 3. The molecule has 0 bridgehead atoms. The third-order valence-corrected chi connectivity index (χ3v) is 1.38. The summed E-state index contributed by atoms with van der Waals surface area (Å²) in [5, 5.41) is 11.5. The smallest absolute Gasteiger partial charge is 0.222 e. The Labute approximate surface area is 73.1 Å².